The summed E-state index contributed by atoms with van der Waals surface area (Å²) in [6, 6.07) is 3.58. The predicted octanol–water partition coefficient (Wildman–Crippen LogP) is 5.16. The van der Waals surface area contributed by atoms with E-state index in [-0.39, 0.29) is 12.0 Å². The Morgan fingerprint density at radius 1 is 1.10 bits per heavy atom. The lowest BCUT2D eigenvalue weighted by molar-refractivity contribution is 0.00839. The van der Waals surface area contributed by atoms with Crippen LogP contribution in [0, 0.1) is 5.41 Å². The molecule has 110 valence electrons. The molecule has 1 saturated carbocycles. The van der Waals surface area contributed by atoms with Crippen LogP contribution in [0.5, 0.6) is 0 Å². The van der Waals surface area contributed by atoms with Crippen molar-refractivity contribution in [3.05, 3.63) is 70.6 Å². The number of rotatable bonds is 3. The second-order valence-corrected chi connectivity index (χ2v) is 7.35. The van der Waals surface area contributed by atoms with E-state index in [1.165, 1.54) is 12.1 Å². The maximum Gasteiger partial charge on any atom is 0.127 e. The van der Waals surface area contributed by atoms with Crippen molar-refractivity contribution in [2.75, 3.05) is 0 Å². The van der Waals surface area contributed by atoms with Gasteiger partial charge in [-0.1, -0.05) is 60.9 Å². The van der Waals surface area contributed by atoms with Gasteiger partial charge in [-0.25, -0.2) is 0 Å². The van der Waals surface area contributed by atoms with Crippen molar-refractivity contribution in [3.63, 3.8) is 0 Å². The molecule has 1 nitrogen and oxygen atoms in total. The molecule has 0 amide bonds. The van der Waals surface area contributed by atoms with E-state index >= 15 is 0 Å². The summed E-state index contributed by atoms with van der Waals surface area (Å²) in [4.78, 5) is 0. The molecule has 0 radical (unpaired) electrons. The molecular formula is C17H15Cl3O. The Labute approximate surface area is 146 Å². The van der Waals surface area contributed by atoms with Gasteiger partial charge >= 0.3 is 0 Å². The molecule has 3 rings (SSSR count). The quantitative estimate of drug-likeness (QED) is 0.761. The number of aliphatic hydroxyl groups is 1. The van der Waals surface area contributed by atoms with Gasteiger partial charge in [0.2, 0.25) is 0 Å². The van der Waals surface area contributed by atoms with Crippen LogP contribution in [-0.2, 0) is 5.60 Å². The topological polar surface area (TPSA) is 20.2 Å². The third kappa shape index (κ3) is 2.19. The monoisotopic (exact) mass is 345 g/mol. The first kappa shape index (κ1) is 10.1. The lowest BCUT2D eigenvalue weighted by atomic mass is 9.74. The zero-order chi connectivity index (χ0) is 19.7. The number of benzene rings is 2. The Morgan fingerprint density at radius 2 is 1.62 bits per heavy atom. The van der Waals surface area contributed by atoms with Gasteiger partial charge in [-0.05, 0) is 29.7 Å². The van der Waals surface area contributed by atoms with Crippen LogP contribution in [0.15, 0.2) is 54.5 Å². The molecule has 1 aliphatic carbocycles. The van der Waals surface area contributed by atoms with E-state index in [4.69, 9.17) is 41.7 Å². The number of hydrogen-bond acceptors (Lipinski definition) is 1. The van der Waals surface area contributed by atoms with Crippen molar-refractivity contribution in [1.82, 2.24) is 0 Å². The molecule has 4 heteroatoms. The highest BCUT2D eigenvalue weighted by molar-refractivity contribution is 6.51. The molecular weight excluding hydrogens is 327 g/mol. The summed E-state index contributed by atoms with van der Waals surface area (Å²) in [5.41, 5.74) is -3.12. The van der Waals surface area contributed by atoms with E-state index in [0.29, 0.717) is 10.6 Å². The molecule has 0 spiro atoms. The largest absolute Gasteiger partial charge is 0.380 e. The molecule has 0 aromatic heterocycles. The Bertz CT molecular complexity index is 873. The number of hydrogen-bond donors (Lipinski definition) is 1. The highest BCUT2D eigenvalue weighted by atomic mass is 35.5. The Balaban J connectivity index is 2.40. The summed E-state index contributed by atoms with van der Waals surface area (Å²) in [6.45, 7) is 1.63. The predicted molar refractivity (Wildman–Crippen MR) is 88.1 cm³/mol. The molecule has 0 saturated heterocycles. The molecule has 21 heavy (non-hydrogen) atoms. The molecule has 1 aliphatic rings. The van der Waals surface area contributed by atoms with Crippen molar-refractivity contribution in [1.29, 1.82) is 0 Å². The zero-order valence-corrected chi connectivity index (χ0v) is 13.4. The van der Waals surface area contributed by atoms with Gasteiger partial charge in [0.25, 0.3) is 0 Å². The van der Waals surface area contributed by atoms with Gasteiger partial charge in [-0.2, -0.15) is 0 Å². The van der Waals surface area contributed by atoms with E-state index in [1.807, 2.05) is 0 Å². The van der Waals surface area contributed by atoms with Gasteiger partial charge in [0.05, 0.1) is 6.85 Å². The van der Waals surface area contributed by atoms with Crippen molar-refractivity contribution >= 4 is 34.8 Å². The smallest absolute Gasteiger partial charge is 0.127 e. The molecule has 2 aromatic rings. The van der Waals surface area contributed by atoms with Crippen LogP contribution in [0.4, 0.5) is 0 Å². The fourth-order valence-corrected chi connectivity index (χ4v) is 3.59. The van der Waals surface area contributed by atoms with Crippen LogP contribution in [-0.4, -0.2) is 9.44 Å². The average Bonchev–Trinajstić information content (AvgIpc) is 3.11. The number of alkyl halides is 2. The van der Waals surface area contributed by atoms with Crippen molar-refractivity contribution in [2.45, 2.75) is 23.3 Å². The van der Waals surface area contributed by atoms with E-state index < -0.39 is 45.6 Å². The molecule has 0 bridgehead atoms. The summed E-state index contributed by atoms with van der Waals surface area (Å²) in [5, 5.41) is 12.2. The normalized spacial score (nSPS) is 29.5. The molecule has 0 heterocycles. The maximum atomic E-state index is 11.8. The first-order valence-corrected chi connectivity index (χ1v) is 7.45. The fraction of sp³-hybridized carbons (Fsp3) is 0.294. The van der Waals surface area contributed by atoms with Gasteiger partial charge in [-0.3, -0.25) is 0 Å². The summed E-state index contributed by atoms with van der Waals surface area (Å²) < 4.78 is 38.9. The van der Waals surface area contributed by atoms with Crippen LogP contribution >= 0.6 is 34.8 Å². The summed E-state index contributed by atoms with van der Waals surface area (Å²) in [7, 11) is 0. The fourth-order valence-electron chi connectivity index (χ4n) is 2.65. The van der Waals surface area contributed by atoms with Crippen LogP contribution in [0.25, 0.3) is 0 Å². The second-order valence-electron chi connectivity index (χ2n) is 5.43. The third-order valence-corrected chi connectivity index (χ3v) is 5.53. The molecule has 0 unspecified atom stereocenters. The van der Waals surface area contributed by atoms with Gasteiger partial charge in [-0.15, -0.1) is 23.2 Å². The summed E-state index contributed by atoms with van der Waals surface area (Å²) >= 11 is 18.5. The van der Waals surface area contributed by atoms with E-state index in [1.54, 1.807) is 19.1 Å². The Kier molecular flexibility index (Phi) is 2.36. The molecule has 0 aliphatic heterocycles. The Hall–Kier alpha value is -0.730. The lowest BCUT2D eigenvalue weighted by Gasteiger charge is -2.37. The first-order chi connectivity index (χ1) is 11.9. The highest BCUT2D eigenvalue weighted by Crippen LogP contribution is 2.72. The SMILES string of the molecule is [2H]c1c([2H])c([2H])c([C@](O)(c2ccc(Cl)cc2)[C@]2(C)CC2(Cl)Cl)c([2H])c1[2H]. The average molecular weight is 347 g/mol. The molecule has 2 atom stereocenters. The molecule has 2 aromatic carbocycles. The minimum atomic E-state index is -2.01. The van der Waals surface area contributed by atoms with Crippen LogP contribution in [0.3, 0.4) is 0 Å². The maximum absolute atomic E-state index is 11.8. The second kappa shape index (κ2) is 4.89. The van der Waals surface area contributed by atoms with Crippen molar-refractivity contribution < 1.29 is 12.0 Å². The van der Waals surface area contributed by atoms with E-state index in [9.17, 15) is 5.11 Å². The van der Waals surface area contributed by atoms with Gasteiger partial charge in [0, 0.05) is 10.4 Å². The Morgan fingerprint density at radius 3 is 2.10 bits per heavy atom. The molecule has 1 N–H and O–H groups in total. The first-order valence-electron chi connectivity index (χ1n) is 8.82. The zero-order valence-electron chi connectivity index (χ0n) is 16.1. The van der Waals surface area contributed by atoms with E-state index in [0.717, 1.165) is 0 Å². The van der Waals surface area contributed by atoms with Gasteiger partial charge in [0.1, 0.15) is 9.93 Å². The summed E-state index contributed by atoms with van der Waals surface area (Å²) in [6.07, 6.45) is 0.185. The standard InChI is InChI=1S/C17H15Cl3O/c1-15(11-16(15,19)20)17(21,12-5-3-2-4-6-12)13-7-9-14(18)10-8-13/h2-10,21H,11H2,1H3/t15-,17+/m1/s1/i2D,3D,4D,5D,6D. The number of halogens is 3. The minimum absolute atomic E-state index is 0.185. The van der Waals surface area contributed by atoms with Crippen LogP contribution in [0.2, 0.25) is 5.02 Å². The van der Waals surface area contributed by atoms with Crippen LogP contribution in [0.1, 0.15) is 31.3 Å². The van der Waals surface area contributed by atoms with Crippen molar-refractivity contribution in [2.24, 2.45) is 5.41 Å². The van der Waals surface area contributed by atoms with Crippen LogP contribution < -0.4 is 0 Å². The minimum Gasteiger partial charge on any atom is -0.380 e. The van der Waals surface area contributed by atoms with Gasteiger partial charge < -0.3 is 5.11 Å². The van der Waals surface area contributed by atoms with E-state index in [2.05, 4.69) is 0 Å². The van der Waals surface area contributed by atoms with Crippen molar-refractivity contribution in [3.8, 4) is 0 Å². The molecule has 1 fully saturated rings. The summed E-state index contributed by atoms with van der Waals surface area (Å²) in [5.74, 6) is 0. The lowest BCUT2D eigenvalue weighted by Crippen LogP contribution is -2.39. The highest BCUT2D eigenvalue weighted by Gasteiger charge is 2.73. The third-order valence-electron chi connectivity index (χ3n) is 4.18. The van der Waals surface area contributed by atoms with Gasteiger partial charge in [0.15, 0.2) is 0 Å².